The van der Waals surface area contributed by atoms with Crippen LogP contribution in [0.1, 0.15) is 6.92 Å². The van der Waals surface area contributed by atoms with E-state index in [-0.39, 0.29) is 5.37 Å². The van der Waals surface area contributed by atoms with Gasteiger partial charge in [0.1, 0.15) is 0 Å². The molecule has 0 heterocycles. The predicted octanol–water partition coefficient (Wildman–Crippen LogP) is 2.69. The van der Waals surface area contributed by atoms with Crippen molar-refractivity contribution in [2.45, 2.75) is 6.92 Å². The van der Waals surface area contributed by atoms with Crippen LogP contribution in [0.2, 0.25) is 0 Å². The van der Waals surface area contributed by atoms with E-state index in [1.807, 2.05) is 0 Å². The highest BCUT2D eigenvalue weighted by Gasteiger charge is 2.25. The van der Waals surface area contributed by atoms with E-state index in [0.717, 1.165) is 0 Å². The summed E-state index contributed by atoms with van der Waals surface area (Å²) in [6.45, 7) is 0.641. The first-order chi connectivity index (χ1) is 2.81. The summed E-state index contributed by atoms with van der Waals surface area (Å²) in [6.07, 6.45) is 0. The molecular formula is C2H4F4S. The van der Waals surface area contributed by atoms with Gasteiger partial charge in [-0.2, -0.15) is 0 Å². The summed E-state index contributed by atoms with van der Waals surface area (Å²) in [5.41, 5.74) is 0. The number of hydrogen-bond acceptors (Lipinski definition) is 0. The molecule has 0 saturated heterocycles. The molecule has 0 bridgehead atoms. The number of rotatable bonds is 0. The van der Waals surface area contributed by atoms with Gasteiger partial charge in [0.05, 0.1) is 0 Å². The highest BCUT2D eigenvalue weighted by Crippen LogP contribution is 2.65. The lowest BCUT2D eigenvalue weighted by Gasteiger charge is -2.07. The second-order valence-corrected chi connectivity index (χ2v) is 2.83. The van der Waals surface area contributed by atoms with Crippen LogP contribution in [0.4, 0.5) is 15.5 Å². The third-order valence-corrected chi connectivity index (χ3v) is 1.07. The summed E-state index contributed by atoms with van der Waals surface area (Å²) < 4.78 is 43.4. The molecule has 0 fully saturated rings. The predicted molar refractivity (Wildman–Crippen MR) is 23.8 cm³/mol. The van der Waals surface area contributed by atoms with E-state index in [1.54, 1.807) is 0 Å². The monoisotopic (exact) mass is 136 g/mol. The maximum atomic E-state index is 10.9. The molecule has 0 aliphatic carbocycles. The van der Waals surface area contributed by atoms with Crippen molar-refractivity contribution >= 4 is 15.7 Å². The molecule has 0 saturated carbocycles. The molecule has 0 rings (SSSR count). The van der Waals surface area contributed by atoms with Gasteiger partial charge in [0, 0.05) is 5.37 Å². The van der Waals surface area contributed by atoms with E-state index < -0.39 is 10.3 Å². The van der Waals surface area contributed by atoms with Crippen LogP contribution in [-0.2, 0) is 0 Å². The van der Waals surface area contributed by atoms with Crippen LogP contribution in [0.15, 0.2) is 0 Å². The van der Waals surface area contributed by atoms with Gasteiger partial charge in [-0.1, -0.05) is 0 Å². The van der Waals surface area contributed by atoms with Crippen LogP contribution in [0, 0.1) is 0 Å². The zero-order valence-corrected chi connectivity index (χ0v) is 4.31. The quantitative estimate of drug-likeness (QED) is 0.354. The van der Waals surface area contributed by atoms with Crippen LogP contribution in [0.3, 0.4) is 0 Å². The zero-order valence-electron chi connectivity index (χ0n) is 3.50. The van der Waals surface area contributed by atoms with Gasteiger partial charge in [0.25, 0.3) is 10.3 Å². The van der Waals surface area contributed by atoms with E-state index in [9.17, 15) is 15.5 Å². The molecule has 7 heavy (non-hydrogen) atoms. The summed E-state index contributed by atoms with van der Waals surface area (Å²) in [6, 6.07) is 0. The molecule has 0 amide bonds. The fraction of sp³-hybridized carbons (Fsp3) is 0.500. The Kier molecular flexibility index (Phi) is 1.20. The summed E-state index contributed by atoms with van der Waals surface area (Å²) in [7, 11) is -6.99. The van der Waals surface area contributed by atoms with Crippen molar-refractivity contribution in [2.24, 2.45) is 0 Å². The molecule has 0 nitrogen and oxygen atoms in total. The molecule has 0 aromatic heterocycles. The van der Waals surface area contributed by atoms with Gasteiger partial charge in [0.15, 0.2) is 0 Å². The standard InChI is InChI=1S/C2H4F4S/c1-2-7(3,4,5)6/h2H,1H3. The molecular weight excluding hydrogens is 132 g/mol. The average molecular weight is 136 g/mol. The van der Waals surface area contributed by atoms with Crippen LogP contribution < -0.4 is 0 Å². The van der Waals surface area contributed by atoms with Gasteiger partial charge < -0.3 is 0 Å². The molecule has 0 aromatic rings. The average Bonchev–Trinajstić information content (AvgIpc) is 1.32. The smallest absolute Gasteiger partial charge is 0.106 e. The highest BCUT2D eigenvalue weighted by molar-refractivity contribution is 8.31. The minimum absolute atomic E-state index is 0.350. The zero-order chi connectivity index (χ0) is 6.15. The van der Waals surface area contributed by atoms with Gasteiger partial charge in [-0.05, 0) is 6.92 Å². The highest BCUT2D eigenvalue weighted by atomic mass is 32.4. The topological polar surface area (TPSA) is 0 Å². The van der Waals surface area contributed by atoms with Gasteiger partial charge in [-0.15, -0.1) is 15.5 Å². The second-order valence-electron chi connectivity index (χ2n) is 0.942. The van der Waals surface area contributed by atoms with Crippen LogP contribution in [0.25, 0.3) is 0 Å². The SMILES string of the molecule is CC=S(F)(F)(F)F. The lowest BCUT2D eigenvalue weighted by atomic mass is 11.0. The van der Waals surface area contributed by atoms with Crippen molar-refractivity contribution in [1.82, 2.24) is 0 Å². The maximum Gasteiger partial charge on any atom is 0.271 e. The molecule has 0 aromatic carbocycles. The summed E-state index contributed by atoms with van der Waals surface area (Å²) >= 11 is 0. The van der Waals surface area contributed by atoms with Crippen molar-refractivity contribution in [3.63, 3.8) is 0 Å². The molecule has 0 spiro atoms. The number of halogens is 4. The van der Waals surface area contributed by atoms with Crippen LogP contribution >= 0.6 is 10.3 Å². The first-order valence-corrected chi connectivity index (χ1v) is 3.14. The molecule has 0 aliphatic heterocycles. The van der Waals surface area contributed by atoms with Gasteiger partial charge >= 0.3 is 0 Å². The third-order valence-electron chi connectivity index (χ3n) is 0.356. The maximum absolute atomic E-state index is 10.9. The second kappa shape index (κ2) is 1.21. The Morgan fingerprint density at radius 3 is 1.29 bits per heavy atom. The van der Waals surface area contributed by atoms with Gasteiger partial charge in [-0.3, -0.25) is 0 Å². The Bertz CT molecular complexity index is 107. The first kappa shape index (κ1) is 6.94. The lowest BCUT2D eigenvalue weighted by molar-refractivity contribution is 0.534. The van der Waals surface area contributed by atoms with Gasteiger partial charge in [-0.25, -0.2) is 0 Å². The first-order valence-electron chi connectivity index (χ1n) is 1.43. The van der Waals surface area contributed by atoms with E-state index in [1.165, 1.54) is 0 Å². The van der Waals surface area contributed by atoms with E-state index in [4.69, 9.17) is 0 Å². The Labute approximate surface area is 39.2 Å². The van der Waals surface area contributed by atoms with E-state index in [0.29, 0.717) is 6.92 Å². The van der Waals surface area contributed by atoms with Gasteiger partial charge in [0.2, 0.25) is 0 Å². The molecule has 0 atom stereocenters. The molecule has 0 radical (unpaired) electrons. The summed E-state index contributed by atoms with van der Waals surface area (Å²) in [4.78, 5) is 0. The lowest BCUT2D eigenvalue weighted by Crippen LogP contribution is -1.74. The van der Waals surface area contributed by atoms with Crippen molar-refractivity contribution in [2.75, 3.05) is 0 Å². The van der Waals surface area contributed by atoms with Crippen molar-refractivity contribution < 1.29 is 15.5 Å². The Hall–Kier alpha value is -0.0600. The number of hydrogen-bond donors (Lipinski definition) is 0. The summed E-state index contributed by atoms with van der Waals surface area (Å²) in [5, 5.41) is -0.350. The summed E-state index contributed by atoms with van der Waals surface area (Å²) in [5.74, 6) is 0. The Morgan fingerprint density at radius 1 is 1.14 bits per heavy atom. The van der Waals surface area contributed by atoms with Crippen LogP contribution in [0.5, 0.6) is 0 Å². The van der Waals surface area contributed by atoms with Crippen molar-refractivity contribution in [3.05, 3.63) is 0 Å². The van der Waals surface area contributed by atoms with E-state index >= 15 is 0 Å². The molecule has 0 aliphatic rings. The normalized spacial score (nSPS) is 17.6. The molecule has 5 heteroatoms. The molecule has 46 valence electrons. The Morgan fingerprint density at radius 2 is 1.29 bits per heavy atom. The third kappa shape index (κ3) is 5.94. The van der Waals surface area contributed by atoms with Crippen molar-refractivity contribution in [3.8, 4) is 0 Å². The van der Waals surface area contributed by atoms with Crippen molar-refractivity contribution in [1.29, 1.82) is 0 Å². The largest absolute Gasteiger partial charge is 0.271 e. The minimum atomic E-state index is -6.99. The molecule has 0 N–H and O–H groups in total. The van der Waals surface area contributed by atoms with Crippen LogP contribution in [-0.4, -0.2) is 5.37 Å². The fourth-order valence-corrected chi connectivity index (χ4v) is 0. The Balaban J connectivity index is 4.47. The fourth-order valence-electron chi connectivity index (χ4n) is 0. The van der Waals surface area contributed by atoms with E-state index in [2.05, 4.69) is 0 Å². The molecule has 0 unspecified atom stereocenters. The minimum Gasteiger partial charge on any atom is -0.106 e.